The lowest BCUT2D eigenvalue weighted by molar-refractivity contribution is -0.384. The molecule has 0 atom stereocenters. The molecule has 21 heavy (non-hydrogen) atoms. The van der Waals surface area contributed by atoms with E-state index in [0.29, 0.717) is 12.8 Å². The van der Waals surface area contributed by atoms with Crippen molar-refractivity contribution in [3.8, 4) is 0 Å². The summed E-state index contributed by atoms with van der Waals surface area (Å²) >= 11 is 0. The normalized spacial score (nSPS) is 31.5. The van der Waals surface area contributed by atoms with Crippen LogP contribution in [-0.2, 0) is 10.0 Å². The maximum absolute atomic E-state index is 12.4. The number of nitro benzene ring substituents is 1. The van der Waals surface area contributed by atoms with E-state index in [1.807, 2.05) is 0 Å². The summed E-state index contributed by atoms with van der Waals surface area (Å²) in [6.45, 7) is 0. The Morgan fingerprint density at radius 3 is 2.33 bits per heavy atom. The molecule has 0 aliphatic heterocycles. The highest BCUT2D eigenvalue weighted by atomic mass is 32.2. The second-order valence-electron chi connectivity index (χ2n) is 6.21. The van der Waals surface area contributed by atoms with E-state index in [2.05, 4.69) is 4.72 Å². The number of nitrogens with two attached hydrogens (primary N) is 1. The van der Waals surface area contributed by atoms with Gasteiger partial charge in [0.05, 0.1) is 9.82 Å². The van der Waals surface area contributed by atoms with Gasteiger partial charge < -0.3 is 5.73 Å². The van der Waals surface area contributed by atoms with Gasteiger partial charge in [-0.1, -0.05) is 0 Å². The monoisotopic (exact) mass is 311 g/mol. The van der Waals surface area contributed by atoms with Crippen LogP contribution in [0.25, 0.3) is 0 Å². The van der Waals surface area contributed by atoms with Gasteiger partial charge >= 0.3 is 0 Å². The number of hydrogen-bond acceptors (Lipinski definition) is 5. The van der Waals surface area contributed by atoms with Gasteiger partial charge in [-0.05, 0) is 44.2 Å². The Hall–Kier alpha value is -1.51. The van der Waals surface area contributed by atoms with Crippen LogP contribution in [0.3, 0.4) is 0 Å². The van der Waals surface area contributed by atoms with Crippen molar-refractivity contribution in [2.75, 3.05) is 0 Å². The zero-order valence-corrected chi connectivity index (χ0v) is 12.2. The number of nitrogens with zero attached hydrogens (tertiary/aromatic N) is 1. The summed E-state index contributed by atoms with van der Waals surface area (Å²) in [6.07, 6.45) is 3.96. The molecule has 0 aromatic heterocycles. The van der Waals surface area contributed by atoms with Gasteiger partial charge in [0.1, 0.15) is 0 Å². The fourth-order valence-electron chi connectivity index (χ4n) is 3.64. The van der Waals surface area contributed by atoms with Crippen molar-refractivity contribution in [2.24, 2.45) is 5.73 Å². The minimum atomic E-state index is -3.68. The van der Waals surface area contributed by atoms with Crippen molar-refractivity contribution in [3.63, 3.8) is 0 Å². The first-order valence-electron chi connectivity index (χ1n) is 6.81. The van der Waals surface area contributed by atoms with Crippen molar-refractivity contribution in [2.45, 2.75) is 48.1 Å². The second-order valence-corrected chi connectivity index (χ2v) is 7.89. The molecule has 2 bridgehead atoms. The van der Waals surface area contributed by atoms with E-state index in [0.717, 1.165) is 19.3 Å². The van der Waals surface area contributed by atoms with Crippen molar-refractivity contribution in [3.05, 3.63) is 34.4 Å². The van der Waals surface area contributed by atoms with E-state index in [4.69, 9.17) is 5.73 Å². The maximum atomic E-state index is 12.4. The summed E-state index contributed by atoms with van der Waals surface area (Å²) in [4.78, 5) is 10.1. The van der Waals surface area contributed by atoms with Gasteiger partial charge in [0, 0.05) is 23.2 Å². The largest absolute Gasteiger partial charge is 0.325 e. The standard InChI is InChI=1S/C13H17N3O4S/c14-12-6-1-7-13(8-12,9-12)15-21(19,20)11-4-2-10(3-5-11)16(17)18/h2-5,15H,1,6-9,14H2. The molecule has 0 radical (unpaired) electrons. The third-order valence-corrected chi connectivity index (χ3v) is 6.01. The van der Waals surface area contributed by atoms with Crippen LogP contribution in [0.1, 0.15) is 32.1 Å². The van der Waals surface area contributed by atoms with E-state index in [1.165, 1.54) is 24.3 Å². The summed E-state index contributed by atoms with van der Waals surface area (Å²) in [5.41, 5.74) is 5.34. The summed E-state index contributed by atoms with van der Waals surface area (Å²) in [6, 6.07) is 4.91. The Morgan fingerprint density at radius 1 is 1.19 bits per heavy atom. The topological polar surface area (TPSA) is 115 Å². The van der Waals surface area contributed by atoms with Crippen LogP contribution in [0.5, 0.6) is 0 Å². The molecule has 1 aromatic rings. The van der Waals surface area contributed by atoms with E-state index < -0.39 is 20.5 Å². The van der Waals surface area contributed by atoms with Crippen molar-refractivity contribution < 1.29 is 13.3 Å². The van der Waals surface area contributed by atoms with Gasteiger partial charge in [-0.25, -0.2) is 13.1 Å². The molecule has 0 amide bonds. The Balaban J connectivity index is 1.80. The molecule has 8 heteroatoms. The van der Waals surface area contributed by atoms with Crippen LogP contribution < -0.4 is 10.5 Å². The van der Waals surface area contributed by atoms with Gasteiger partial charge in [0.15, 0.2) is 0 Å². The molecule has 7 nitrogen and oxygen atoms in total. The highest BCUT2D eigenvalue weighted by Crippen LogP contribution is 2.51. The molecule has 1 aromatic carbocycles. The molecule has 3 saturated carbocycles. The number of nitro groups is 1. The van der Waals surface area contributed by atoms with E-state index >= 15 is 0 Å². The molecule has 0 unspecified atom stereocenters. The second kappa shape index (κ2) is 4.49. The molecule has 3 aliphatic rings. The summed E-state index contributed by atoms with van der Waals surface area (Å²) in [5.74, 6) is 0. The number of hydrogen-bond donors (Lipinski definition) is 2. The summed E-state index contributed by atoms with van der Waals surface area (Å²) in [7, 11) is -3.68. The van der Waals surface area contributed by atoms with Gasteiger partial charge in [-0.3, -0.25) is 10.1 Å². The number of nitrogens with one attached hydrogen (secondary N) is 1. The molecular formula is C13H17N3O4S. The Kier molecular flexibility index (Phi) is 3.09. The predicted octanol–water partition coefficient (Wildman–Crippen LogP) is 1.29. The number of non-ortho nitro benzene ring substituents is 1. The van der Waals surface area contributed by atoms with Crippen molar-refractivity contribution in [1.29, 1.82) is 0 Å². The molecule has 4 rings (SSSR count). The summed E-state index contributed by atoms with van der Waals surface area (Å²) < 4.78 is 27.5. The SMILES string of the molecule is NC12CCCC(NS(=O)(=O)c3ccc([N+](=O)[O-])cc3)(C1)C2. The predicted molar refractivity (Wildman–Crippen MR) is 76.2 cm³/mol. The molecule has 0 spiro atoms. The Bertz CT molecular complexity index is 678. The van der Waals surface area contributed by atoms with Crippen molar-refractivity contribution in [1.82, 2.24) is 4.72 Å². The fraction of sp³-hybridized carbons (Fsp3) is 0.538. The number of sulfonamides is 1. The fourth-order valence-corrected chi connectivity index (χ4v) is 5.07. The zero-order chi connectivity index (χ0) is 15.3. The minimum absolute atomic E-state index is 0.0440. The number of benzene rings is 1. The number of rotatable bonds is 4. The molecule has 3 fully saturated rings. The molecular weight excluding hydrogens is 294 g/mol. The quantitative estimate of drug-likeness (QED) is 0.642. The molecule has 0 saturated heterocycles. The van der Waals surface area contributed by atoms with Gasteiger partial charge in [-0.15, -0.1) is 0 Å². The lowest BCUT2D eigenvalue weighted by atomic mass is 9.55. The first-order valence-corrected chi connectivity index (χ1v) is 8.29. The van der Waals surface area contributed by atoms with Crippen molar-refractivity contribution >= 4 is 15.7 Å². The van der Waals surface area contributed by atoms with Gasteiger partial charge in [-0.2, -0.15) is 0 Å². The van der Waals surface area contributed by atoms with Crippen LogP contribution in [0, 0.1) is 10.1 Å². The highest BCUT2D eigenvalue weighted by molar-refractivity contribution is 7.89. The third-order valence-electron chi connectivity index (χ3n) is 4.42. The van der Waals surface area contributed by atoms with E-state index in [1.54, 1.807) is 0 Å². The minimum Gasteiger partial charge on any atom is -0.325 e. The maximum Gasteiger partial charge on any atom is 0.269 e. The lowest BCUT2D eigenvalue weighted by Crippen LogP contribution is -2.71. The van der Waals surface area contributed by atoms with Crippen LogP contribution in [0.2, 0.25) is 0 Å². The van der Waals surface area contributed by atoms with Crippen LogP contribution in [0.4, 0.5) is 5.69 Å². The Labute approximate surface area is 122 Å². The first kappa shape index (κ1) is 14.4. The molecule has 3 N–H and O–H groups in total. The lowest BCUT2D eigenvalue weighted by Gasteiger charge is -2.58. The van der Waals surface area contributed by atoms with Gasteiger partial charge in [0.2, 0.25) is 10.0 Å². The Morgan fingerprint density at radius 2 is 1.81 bits per heavy atom. The third kappa shape index (κ3) is 2.54. The molecule has 3 aliphatic carbocycles. The molecule has 114 valence electrons. The first-order chi connectivity index (χ1) is 9.74. The van der Waals surface area contributed by atoms with Crippen LogP contribution in [0.15, 0.2) is 29.2 Å². The average Bonchev–Trinajstić information content (AvgIpc) is 2.36. The number of fused-ring (bicyclic) bond motifs is 2. The van der Waals surface area contributed by atoms with Crippen LogP contribution in [-0.4, -0.2) is 24.4 Å². The van der Waals surface area contributed by atoms with E-state index in [9.17, 15) is 18.5 Å². The van der Waals surface area contributed by atoms with Crippen LogP contribution >= 0.6 is 0 Å². The van der Waals surface area contributed by atoms with Gasteiger partial charge in [0.25, 0.3) is 5.69 Å². The highest BCUT2D eigenvalue weighted by Gasteiger charge is 2.56. The summed E-state index contributed by atoms with van der Waals surface area (Å²) in [5, 5.41) is 10.6. The smallest absolute Gasteiger partial charge is 0.269 e. The van der Waals surface area contributed by atoms with E-state index in [-0.39, 0.29) is 16.1 Å². The molecule has 0 heterocycles. The zero-order valence-electron chi connectivity index (χ0n) is 11.4. The average molecular weight is 311 g/mol.